The number of benzene rings is 3. The third-order valence-corrected chi connectivity index (χ3v) is 6.63. The molecule has 0 aliphatic heterocycles. The van der Waals surface area contributed by atoms with Crippen molar-refractivity contribution in [3.8, 4) is 5.75 Å². The Balaban J connectivity index is 1.75. The summed E-state index contributed by atoms with van der Waals surface area (Å²) in [6, 6.07) is 13.5. The minimum Gasteiger partial charge on any atom is -0.505 e. The molecule has 0 radical (unpaired) electrons. The van der Waals surface area contributed by atoms with Crippen LogP contribution in [0.15, 0.2) is 97.1 Å². The van der Waals surface area contributed by atoms with Gasteiger partial charge in [0, 0.05) is 29.5 Å². The first kappa shape index (κ1) is 25.0. The van der Waals surface area contributed by atoms with Gasteiger partial charge in [-0.15, -0.1) is 5.11 Å². The van der Waals surface area contributed by atoms with Gasteiger partial charge in [-0.2, -0.15) is 23.8 Å². The van der Waals surface area contributed by atoms with Crippen LogP contribution in [0.5, 0.6) is 5.75 Å². The van der Waals surface area contributed by atoms with E-state index in [0.717, 1.165) is 5.56 Å². The molecule has 3 aromatic rings. The van der Waals surface area contributed by atoms with Crippen LogP contribution >= 0.6 is 0 Å². The number of nitrogen functional groups attached to an aromatic ring is 1. The molecular formula is C25H25N5O5S. The lowest BCUT2D eigenvalue weighted by Gasteiger charge is -2.19. The van der Waals surface area contributed by atoms with Crippen LogP contribution in [0.2, 0.25) is 0 Å². The largest absolute Gasteiger partial charge is 0.505 e. The number of nitrogens with two attached hydrogens (primary N) is 1. The lowest BCUT2D eigenvalue weighted by Crippen LogP contribution is -2.07. The minimum atomic E-state index is -4.73. The van der Waals surface area contributed by atoms with Crippen molar-refractivity contribution >= 4 is 38.0 Å². The fourth-order valence-electron chi connectivity index (χ4n) is 3.81. The van der Waals surface area contributed by atoms with Crippen molar-refractivity contribution in [2.45, 2.75) is 25.2 Å². The zero-order valence-corrected chi connectivity index (χ0v) is 20.7. The summed E-state index contributed by atoms with van der Waals surface area (Å²) >= 11 is 0. The fraction of sp³-hybridized carbons (Fsp3) is 0.200. The molecule has 186 valence electrons. The number of anilines is 1. The Morgan fingerprint density at radius 3 is 2.44 bits per heavy atom. The number of nitrogens with zero attached hydrogens (tertiary/aromatic N) is 4. The topological polar surface area (TPSA) is 159 Å². The van der Waals surface area contributed by atoms with E-state index in [9.17, 15) is 18.1 Å². The molecule has 0 amide bonds. The highest BCUT2D eigenvalue weighted by Crippen LogP contribution is 2.43. The van der Waals surface area contributed by atoms with Gasteiger partial charge >= 0.3 is 0 Å². The van der Waals surface area contributed by atoms with Crippen molar-refractivity contribution in [1.82, 2.24) is 0 Å². The number of phenolic OH excluding ortho intramolecular Hbond substituents is 1. The summed E-state index contributed by atoms with van der Waals surface area (Å²) in [7, 11) is -3.27. The molecule has 0 bridgehead atoms. The van der Waals surface area contributed by atoms with E-state index in [-0.39, 0.29) is 17.0 Å². The SMILES string of the molecule is COC1=C(/N=N/c2c(S(=O)(=O)O)cc3cccc(N)c3c2O)CC(C)C(/N=N/c2ccc(C)cc2)=C1. The van der Waals surface area contributed by atoms with E-state index in [2.05, 4.69) is 20.5 Å². The first-order chi connectivity index (χ1) is 17.1. The van der Waals surface area contributed by atoms with Crippen LogP contribution < -0.4 is 5.73 Å². The molecule has 0 fully saturated rings. The zero-order chi connectivity index (χ0) is 26.0. The molecule has 0 spiro atoms. The summed E-state index contributed by atoms with van der Waals surface area (Å²) in [5.41, 5.74) is 8.69. The average molecular weight is 508 g/mol. The highest BCUT2D eigenvalue weighted by Gasteiger charge is 2.25. The number of azo groups is 2. The van der Waals surface area contributed by atoms with Gasteiger partial charge in [0.25, 0.3) is 10.1 Å². The maximum Gasteiger partial charge on any atom is 0.296 e. The molecule has 4 N–H and O–H groups in total. The molecule has 4 rings (SSSR count). The predicted molar refractivity (Wildman–Crippen MR) is 136 cm³/mol. The summed E-state index contributed by atoms with van der Waals surface area (Å²) in [5, 5.41) is 28.2. The van der Waals surface area contributed by atoms with E-state index < -0.39 is 26.5 Å². The molecule has 10 nitrogen and oxygen atoms in total. The van der Waals surface area contributed by atoms with Gasteiger partial charge in [0.15, 0.2) is 5.75 Å². The van der Waals surface area contributed by atoms with Crippen LogP contribution in [0.4, 0.5) is 17.1 Å². The quantitative estimate of drug-likeness (QED) is 0.201. The summed E-state index contributed by atoms with van der Waals surface area (Å²) in [6.07, 6.45) is 2.05. The van der Waals surface area contributed by atoms with Gasteiger partial charge in [0.2, 0.25) is 0 Å². The fourth-order valence-corrected chi connectivity index (χ4v) is 4.46. The normalized spacial score (nSPS) is 16.8. The van der Waals surface area contributed by atoms with Crippen LogP contribution in [0.3, 0.4) is 0 Å². The molecule has 3 aromatic carbocycles. The highest BCUT2D eigenvalue weighted by molar-refractivity contribution is 7.86. The van der Waals surface area contributed by atoms with E-state index in [1.807, 2.05) is 38.1 Å². The van der Waals surface area contributed by atoms with Crippen LogP contribution in [0.25, 0.3) is 10.8 Å². The number of aryl methyl sites for hydroxylation is 1. The monoisotopic (exact) mass is 507 g/mol. The van der Waals surface area contributed by atoms with Gasteiger partial charge in [-0.3, -0.25) is 4.55 Å². The molecule has 36 heavy (non-hydrogen) atoms. The van der Waals surface area contributed by atoms with Gasteiger partial charge in [-0.1, -0.05) is 36.8 Å². The number of ether oxygens (including phenoxy) is 1. The Morgan fingerprint density at radius 2 is 1.78 bits per heavy atom. The van der Waals surface area contributed by atoms with Crippen LogP contribution in [-0.2, 0) is 14.9 Å². The van der Waals surface area contributed by atoms with E-state index in [0.29, 0.717) is 34.6 Å². The van der Waals surface area contributed by atoms with Gasteiger partial charge < -0.3 is 15.6 Å². The average Bonchev–Trinajstić information content (AvgIpc) is 2.83. The highest BCUT2D eigenvalue weighted by atomic mass is 32.2. The second-order valence-electron chi connectivity index (χ2n) is 8.42. The first-order valence-corrected chi connectivity index (χ1v) is 12.4. The Bertz CT molecular complexity index is 1560. The van der Waals surface area contributed by atoms with E-state index in [1.165, 1.54) is 13.2 Å². The zero-order valence-electron chi connectivity index (χ0n) is 19.9. The van der Waals surface area contributed by atoms with Gasteiger partial charge in [-0.25, -0.2) is 0 Å². The van der Waals surface area contributed by atoms with Crippen molar-refractivity contribution in [3.63, 3.8) is 0 Å². The molecule has 1 atom stereocenters. The third-order valence-electron chi connectivity index (χ3n) is 5.76. The second kappa shape index (κ2) is 9.88. The Labute approximate surface area is 208 Å². The molecule has 11 heteroatoms. The number of fused-ring (bicyclic) bond motifs is 1. The maximum absolute atomic E-state index is 12.1. The molecule has 1 aliphatic rings. The van der Waals surface area contributed by atoms with Crippen LogP contribution in [0.1, 0.15) is 18.9 Å². The molecule has 0 saturated heterocycles. The van der Waals surface area contributed by atoms with Gasteiger partial charge in [-0.05, 0) is 36.6 Å². The van der Waals surface area contributed by atoms with Crippen molar-refractivity contribution in [3.05, 3.63) is 77.3 Å². The van der Waals surface area contributed by atoms with E-state index in [4.69, 9.17) is 10.5 Å². The third kappa shape index (κ3) is 5.11. The molecule has 0 aromatic heterocycles. The van der Waals surface area contributed by atoms with Gasteiger partial charge in [0.05, 0.1) is 18.5 Å². The Hall–Kier alpha value is -4.09. The van der Waals surface area contributed by atoms with Crippen LogP contribution in [-0.4, -0.2) is 25.2 Å². The first-order valence-electron chi connectivity index (χ1n) is 11.0. The number of phenols is 1. The number of hydrogen-bond acceptors (Lipinski definition) is 9. The number of aromatic hydroxyl groups is 1. The van der Waals surface area contributed by atoms with Crippen molar-refractivity contribution in [2.24, 2.45) is 26.4 Å². The summed E-state index contributed by atoms with van der Waals surface area (Å²) in [5.74, 6) is -0.245. The summed E-state index contributed by atoms with van der Waals surface area (Å²) < 4.78 is 39.3. The van der Waals surface area contributed by atoms with Crippen LogP contribution in [0, 0.1) is 12.8 Å². The van der Waals surface area contributed by atoms with Gasteiger partial charge in [0.1, 0.15) is 22.0 Å². The second-order valence-corrected chi connectivity index (χ2v) is 9.81. The maximum atomic E-state index is 12.1. The molecule has 1 aliphatic carbocycles. The van der Waals surface area contributed by atoms with Crippen molar-refractivity contribution < 1.29 is 22.8 Å². The van der Waals surface area contributed by atoms with E-state index >= 15 is 0 Å². The molecule has 1 unspecified atom stereocenters. The number of methoxy groups -OCH3 is 1. The molecule has 0 saturated carbocycles. The minimum absolute atomic E-state index is 0.103. The van der Waals surface area contributed by atoms with E-state index in [1.54, 1.807) is 24.3 Å². The lowest BCUT2D eigenvalue weighted by atomic mass is 9.96. The smallest absolute Gasteiger partial charge is 0.296 e. The molecular weight excluding hydrogens is 482 g/mol. The standard InChI is InChI=1S/C25H25N5O5S/c1-14-7-9-17(10-8-14)27-28-19-13-21(35-3)20(11-15(19)2)29-30-24-22(36(32,33)34)12-16-5-4-6-18(26)23(16)25(24)31/h4-10,12-13,15,31H,11,26H2,1-3H3,(H,32,33,34)/b28-27+,30-29+. The Morgan fingerprint density at radius 1 is 1.06 bits per heavy atom. The predicted octanol–water partition coefficient (Wildman–Crippen LogP) is 6.33. The van der Waals surface area contributed by atoms with Crippen molar-refractivity contribution in [2.75, 3.05) is 12.8 Å². The number of hydrogen-bond donors (Lipinski definition) is 3. The lowest BCUT2D eigenvalue weighted by molar-refractivity contribution is 0.294. The number of rotatable bonds is 6. The summed E-state index contributed by atoms with van der Waals surface area (Å²) in [4.78, 5) is -0.589. The molecule has 0 heterocycles. The van der Waals surface area contributed by atoms with Crippen molar-refractivity contribution in [1.29, 1.82) is 0 Å². The summed E-state index contributed by atoms with van der Waals surface area (Å²) in [6.45, 7) is 3.92. The number of allylic oxidation sites excluding steroid dienone is 3. The Kier molecular flexibility index (Phi) is 6.86.